The first-order valence-electron chi connectivity index (χ1n) is 5.74. The van der Waals surface area contributed by atoms with Crippen molar-refractivity contribution in [1.29, 1.82) is 0 Å². The van der Waals surface area contributed by atoms with Crippen LogP contribution in [0.4, 0.5) is 0 Å². The van der Waals surface area contributed by atoms with Crippen molar-refractivity contribution in [2.75, 3.05) is 0 Å². The number of nitrogens with zero attached hydrogens (tertiary/aromatic N) is 2. The van der Waals surface area contributed by atoms with Crippen molar-refractivity contribution in [2.24, 2.45) is 0 Å². The van der Waals surface area contributed by atoms with Gasteiger partial charge in [0.05, 0.1) is 11.8 Å². The van der Waals surface area contributed by atoms with Gasteiger partial charge in [0, 0.05) is 28.4 Å². The van der Waals surface area contributed by atoms with E-state index in [4.69, 9.17) is 0 Å². The molecule has 1 aromatic carbocycles. The fraction of sp³-hybridized carbons (Fsp3) is 0.231. The van der Waals surface area contributed by atoms with E-state index >= 15 is 0 Å². The van der Waals surface area contributed by atoms with Gasteiger partial charge < -0.3 is 5.32 Å². The Labute approximate surface area is 120 Å². The molecule has 0 aliphatic carbocycles. The molecule has 0 radical (unpaired) electrons. The highest BCUT2D eigenvalue weighted by Gasteiger charge is 2.08. The van der Waals surface area contributed by atoms with Crippen LogP contribution < -0.4 is 5.32 Å². The second-order valence-corrected chi connectivity index (χ2v) is 5.03. The predicted octanol–water partition coefficient (Wildman–Crippen LogP) is 2.44. The van der Waals surface area contributed by atoms with Gasteiger partial charge >= 0.3 is 0 Å². The van der Waals surface area contributed by atoms with Crippen molar-refractivity contribution >= 4 is 28.5 Å². The lowest BCUT2D eigenvalue weighted by Gasteiger charge is -2.05. The molecule has 1 heterocycles. The fourth-order valence-corrected chi connectivity index (χ4v) is 2.23. The molecule has 0 spiro atoms. The van der Waals surface area contributed by atoms with Crippen molar-refractivity contribution in [3.05, 3.63) is 51.4 Å². The number of nitrogens with one attached hydrogen (secondary N) is 1. The molecule has 0 saturated heterocycles. The monoisotopic (exact) mass is 355 g/mol. The molecule has 2 aromatic rings. The number of hydrogen-bond donors (Lipinski definition) is 1. The number of rotatable bonds is 4. The lowest BCUT2D eigenvalue weighted by molar-refractivity contribution is 0.0950. The van der Waals surface area contributed by atoms with E-state index < -0.39 is 0 Å². The molecule has 1 aromatic heterocycles. The second-order valence-electron chi connectivity index (χ2n) is 3.87. The summed E-state index contributed by atoms with van der Waals surface area (Å²) in [6, 6.07) is 7.53. The number of carbonyl (C=O) groups excluding carboxylic acids is 1. The first kappa shape index (κ1) is 13.1. The Hall–Kier alpha value is -1.37. The topological polar surface area (TPSA) is 46.9 Å². The molecule has 0 bridgehead atoms. The van der Waals surface area contributed by atoms with E-state index in [0.717, 1.165) is 15.7 Å². The molecule has 0 fully saturated rings. The molecule has 2 rings (SSSR count). The average molecular weight is 355 g/mol. The van der Waals surface area contributed by atoms with E-state index in [1.165, 1.54) is 0 Å². The lowest BCUT2D eigenvalue weighted by Crippen LogP contribution is -2.23. The Morgan fingerprint density at radius 1 is 1.44 bits per heavy atom. The minimum atomic E-state index is -0.0516. The Morgan fingerprint density at radius 2 is 2.22 bits per heavy atom. The van der Waals surface area contributed by atoms with E-state index in [0.29, 0.717) is 12.1 Å². The Bertz CT molecular complexity index is 551. The molecule has 0 unspecified atom stereocenters. The zero-order chi connectivity index (χ0) is 13.0. The molecule has 1 amide bonds. The Balaban J connectivity index is 1.98. The maximum absolute atomic E-state index is 12.0. The maximum atomic E-state index is 12.0. The summed E-state index contributed by atoms with van der Waals surface area (Å²) in [5, 5.41) is 7.06. The smallest absolute Gasteiger partial charge is 0.252 e. The van der Waals surface area contributed by atoms with Gasteiger partial charge in [0.25, 0.3) is 5.91 Å². The van der Waals surface area contributed by atoms with Gasteiger partial charge in [-0.25, -0.2) is 0 Å². The summed E-state index contributed by atoms with van der Waals surface area (Å²) >= 11 is 2.16. The SMILES string of the molecule is CCn1cc(CNC(=O)c2ccccc2I)cn1. The van der Waals surface area contributed by atoms with Gasteiger partial charge in [0.15, 0.2) is 0 Å². The van der Waals surface area contributed by atoms with Crippen LogP contribution in [0.15, 0.2) is 36.7 Å². The summed E-state index contributed by atoms with van der Waals surface area (Å²) in [5.41, 5.74) is 1.72. The Morgan fingerprint density at radius 3 is 2.89 bits per heavy atom. The number of amides is 1. The number of hydrogen-bond acceptors (Lipinski definition) is 2. The van der Waals surface area contributed by atoms with E-state index in [1.807, 2.05) is 42.1 Å². The summed E-state index contributed by atoms with van der Waals surface area (Å²) < 4.78 is 2.80. The summed E-state index contributed by atoms with van der Waals surface area (Å²) in [7, 11) is 0. The molecule has 0 aliphatic rings. The van der Waals surface area contributed by atoms with E-state index in [1.54, 1.807) is 6.20 Å². The van der Waals surface area contributed by atoms with Gasteiger partial charge in [-0.15, -0.1) is 0 Å². The first-order valence-corrected chi connectivity index (χ1v) is 6.82. The lowest BCUT2D eigenvalue weighted by atomic mass is 10.2. The quantitative estimate of drug-likeness (QED) is 0.857. The second kappa shape index (κ2) is 5.99. The van der Waals surface area contributed by atoms with Gasteiger partial charge in [-0.2, -0.15) is 5.10 Å². The van der Waals surface area contributed by atoms with Gasteiger partial charge in [0.1, 0.15) is 0 Å². The first-order chi connectivity index (χ1) is 8.70. The standard InChI is InChI=1S/C13H14IN3O/c1-2-17-9-10(8-16-17)7-15-13(18)11-5-3-4-6-12(11)14/h3-6,8-9H,2,7H2,1H3,(H,15,18). The molecule has 0 atom stereocenters. The van der Waals surface area contributed by atoms with Crippen LogP contribution in [0.25, 0.3) is 0 Å². The number of halogens is 1. The highest BCUT2D eigenvalue weighted by Crippen LogP contribution is 2.11. The van der Waals surface area contributed by atoms with Gasteiger partial charge in [-0.3, -0.25) is 9.48 Å². The van der Waals surface area contributed by atoms with Crippen LogP contribution in [-0.4, -0.2) is 15.7 Å². The number of carbonyl (C=O) groups is 1. The van der Waals surface area contributed by atoms with Crippen LogP contribution in [0, 0.1) is 3.57 Å². The number of aromatic nitrogens is 2. The summed E-state index contributed by atoms with van der Waals surface area (Å²) in [6.07, 6.45) is 3.72. The fourth-order valence-electron chi connectivity index (χ4n) is 1.59. The van der Waals surface area contributed by atoms with Crippen LogP contribution >= 0.6 is 22.6 Å². The van der Waals surface area contributed by atoms with Crippen molar-refractivity contribution in [3.63, 3.8) is 0 Å². The average Bonchev–Trinajstić information content (AvgIpc) is 2.84. The number of benzene rings is 1. The molecular weight excluding hydrogens is 341 g/mol. The summed E-state index contributed by atoms with van der Waals surface area (Å²) in [6.45, 7) is 3.37. The molecular formula is C13H14IN3O. The molecule has 18 heavy (non-hydrogen) atoms. The van der Waals surface area contributed by atoms with Crippen LogP contribution in [-0.2, 0) is 13.1 Å². The van der Waals surface area contributed by atoms with Gasteiger partial charge in [0.2, 0.25) is 0 Å². The van der Waals surface area contributed by atoms with Gasteiger partial charge in [-0.05, 0) is 41.6 Å². The third-order valence-electron chi connectivity index (χ3n) is 2.58. The number of aryl methyl sites for hydroxylation is 1. The minimum Gasteiger partial charge on any atom is -0.348 e. The van der Waals surface area contributed by atoms with Crippen molar-refractivity contribution in [3.8, 4) is 0 Å². The van der Waals surface area contributed by atoms with Crippen molar-refractivity contribution < 1.29 is 4.79 Å². The largest absolute Gasteiger partial charge is 0.348 e. The molecule has 94 valence electrons. The predicted molar refractivity (Wildman–Crippen MR) is 78.2 cm³/mol. The molecule has 0 saturated carbocycles. The molecule has 1 N–H and O–H groups in total. The van der Waals surface area contributed by atoms with Crippen molar-refractivity contribution in [2.45, 2.75) is 20.0 Å². The third kappa shape index (κ3) is 3.10. The van der Waals surface area contributed by atoms with Crippen LogP contribution in [0.5, 0.6) is 0 Å². The van der Waals surface area contributed by atoms with E-state index in [9.17, 15) is 4.79 Å². The summed E-state index contributed by atoms with van der Waals surface area (Å²) in [4.78, 5) is 12.0. The molecule has 0 aliphatic heterocycles. The van der Waals surface area contributed by atoms with Crippen LogP contribution in [0.1, 0.15) is 22.8 Å². The minimum absolute atomic E-state index is 0.0516. The van der Waals surface area contributed by atoms with Crippen LogP contribution in [0.2, 0.25) is 0 Å². The van der Waals surface area contributed by atoms with E-state index in [2.05, 4.69) is 33.0 Å². The van der Waals surface area contributed by atoms with Crippen molar-refractivity contribution in [1.82, 2.24) is 15.1 Å². The Kier molecular flexibility index (Phi) is 4.35. The highest BCUT2D eigenvalue weighted by atomic mass is 127. The normalized spacial score (nSPS) is 10.3. The highest BCUT2D eigenvalue weighted by molar-refractivity contribution is 14.1. The van der Waals surface area contributed by atoms with E-state index in [-0.39, 0.29) is 5.91 Å². The molecule has 5 heteroatoms. The molecule has 4 nitrogen and oxygen atoms in total. The zero-order valence-corrected chi connectivity index (χ0v) is 12.2. The van der Waals surface area contributed by atoms with Gasteiger partial charge in [-0.1, -0.05) is 12.1 Å². The van der Waals surface area contributed by atoms with Crippen LogP contribution in [0.3, 0.4) is 0 Å². The zero-order valence-electron chi connectivity index (χ0n) is 10.1. The summed E-state index contributed by atoms with van der Waals surface area (Å²) in [5.74, 6) is -0.0516. The third-order valence-corrected chi connectivity index (χ3v) is 3.52. The maximum Gasteiger partial charge on any atom is 0.252 e.